The minimum atomic E-state index is -0.203. The third kappa shape index (κ3) is 5.99. The highest BCUT2D eigenvalue weighted by atomic mass is 16.3. The third-order valence-corrected chi connectivity index (χ3v) is 4.40. The van der Waals surface area contributed by atoms with Crippen LogP contribution in [-0.2, 0) is 4.79 Å². The molecule has 0 radical (unpaired) electrons. The van der Waals surface area contributed by atoms with E-state index in [9.17, 15) is 9.90 Å². The number of carbonyl (C=O) groups excluding carboxylic acids is 1. The lowest BCUT2D eigenvalue weighted by atomic mass is 9.72. The summed E-state index contributed by atoms with van der Waals surface area (Å²) in [4.78, 5) is 10.9. The van der Waals surface area contributed by atoms with Crippen LogP contribution in [-0.4, -0.2) is 17.0 Å². The van der Waals surface area contributed by atoms with E-state index >= 15 is 0 Å². The molecule has 0 aliphatic carbocycles. The molecule has 0 heterocycles. The number of hydrogen-bond acceptors (Lipinski definition) is 2. The summed E-state index contributed by atoms with van der Waals surface area (Å²) < 4.78 is 0. The normalized spacial score (nSPS) is 13.6. The molecule has 1 atom stereocenters. The van der Waals surface area contributed by atoms with Gasteiger partial charge in [0.25, 0.3) is 0 Å². The largest absolute Gasteiger partial charge is 0.393 e. The van der Waals surface area contributed by atoms with E-state index in [4.69, 9.17) is 0 Å². The monoisotopic (exact) mass is 256 g/mol. The van der Waals surface area contributed by atoms with E-state index in [2.05, 4.69) is 20.8 Å². The molecule has 0 rings (SSSR count). The first kappa shape index (κ1) is 17.6. The van der Waals surface area contributed by atoms with Gasteiger partial charge < -0.3 is 9.90 Å². The molecule has 0 aliphatic rings. The first-order valence-electron chi connectivity index (χ1n) is 7.69. The van der Waals surface area contributed by atoms with E-state index in [1.54, 1.807) is 6.92 Å². The fourth-order valence-corrected chi connectivity index (χ4v) is 2.79. The van der Waals surface area contributed by atoms with Gasteiger partial charge in [-0.05, 0) is 44.4 Å². The molecule has 0 saturated carbocycles. The van der Waals surface area contributed by atoms with Crippen molar-refractivity contribution >= 4 is 5.78 Å². The number of rotatable bonds is 11. The molecule has 0 aliphatic heterocycles. The Labute approximate surface area is 113 Å². The maximum Gasteiger partial charge on any atom is 0.129 e. The van der Waals surface area contributed by atoms with Crippen LogP contribution in [0.1, 0.15) is 85.5 Å². The molecule has 0 aromatic carbocycles. The van der Waals surface area contributed by atoms with Crippen molar-refractivity contribution < 1.29 is 9.90 Å². The number of unbranched alkanes of at least 4 members (excludes halogenated alkanes) is 2. The number of carbonyl (C=O) groups is 1. The van der Waals surface area contributed by atoms with Crippen LogP contribution >= 0.6 is 0 Å². The van der Waals surface area contributed by atoms with Gasteiger partial charge in [0.15, 0.2) is 0 Å². The highest BCUT2D eigenvalue weighted by molar-refractivity contribution is 5.75. The van der Waals surface area contributed by atoms with E-state index < -0.39 is 0 Å². The van der Waals surface area contributed by atoms with E-state index in [0.717, 1.165) is 38.5 Å². The topological polar surface area (TPSA) is 37.3 Å². The van der Waals surface area contributed by atoms with Crippen molar-refractivity contribution in [1.82, 2.24) is 0 Å². The first-order valence-corrected chi connectivity index (χ1v) is 7.69. The molecule has 2 heteroatoms. The van der Waals surface area contributed by atoms with Crippen molar-refractivity contribution in [2.75, 3.05) is 0 Å². The van der Waals surface area contributed by atoms with Crippen molar-refractivity contribution in [1.29, 1.82) is 0 Å². The van der Waals surface area contributed by atoms with Crippen LogP contribution in [0.3, 0.4) is 0 Å². The summed E-state index contributed by atoms with van der Waals surface area (Å²) in [7, 11) is 0. The van der Waals surface area contributed by atoms with Gasteiger partial charge >= 0.3 is 0 Å². The smallest absolute Gasteiger partial charge is 0.129 e. The van der Waals surface area contributed by atoms with Crippen LogP contribution in [0.2, 0.25) is 0 Å². The van der Waals surface area contributed by atoms with Crippen LogP contribution < -0.4 is 0 Å². The van der Waals surface area contributed by atoms with Gasteiger partial charge in [-0.3, -0.25) is 0 Å². The summed E-state index contributed by atoms with van der Waals surface area (Å²) in [5, 5.41) is 10.5. The second-order valence-corrected chi connectivity index (χ2v) is 5.64. The van der Waals surface area contributed by atoms with Gasteiger partial charge in [0.2, 0.25) is 0 Å². The van der Waals surface area contributed by atoms with Crippen molar-refractivity contribution in [3.8, 4) is 0 Å². The lowest BCUT2D eigenvalue weighted by Gasteiger charge is -2.37. The fraction of sp³-hybridized carbons (Fsp3) is 0.938. The second-order valence-electron chi connectivity index (χ2n) is 5.64. The van der Waals surface area contributed by atoms with Crippen LogP contribution in [0, 0.1) is 5.41 Å². The lowest BCUT2D eigenvalue weighted by Crippen LogP contribution is -2.34. The Morgan fingerprint density at radius 3 is 2.17 bits per heavy atom. The second kappa shape index (κ2) is 9.55. The molecule has 0 saturated heterocycles. The highest BCUT2D eigenvalue weighted by Gasteiger charge is 2.33. The zero-order valence-corrected chi connectivity index (χ0v) is 12.8. The number of aliphatic hydroxyl groups is 1. The number of hydrogen-bond donors (Lipinski definition) is 1. The van der Waals surface area contributed by atoms with Gasteiger partial charge in [0, 0.05) is 6.42 Å². The Balaban J connectivity index is 4.20. The van der Waals surface area contributed by atoms with E-state index in [1.807, 2.05) is 0 Å². The molecule has 1 N–H and O–H groups in total. The molecule has 18 heavy (non-hydrogen) atoms. The predicted octanol–water partition coefficient (Wildman–Crippen LogP) is 4.49. The van der Waals surface area contributed by atoms with E-state index in [1.165, 1.54) is 12.8 Å². The standard InChI is InChI=1S/C16H32O2/c1-5-8-13-16(6-2,7-3)15(18)12-10-9-11-14(4)17/h15,18H,5-13H2,1-4H3. The van der Waals surface area contributed by atoms with Crippen molar-refractivity contribution in [2.45, 2.75) is 91.6 Å². The van der Waals surface area contributed by atoms with Gasteiger partial charge in [-0.2, -0.15) is 0 Å². The third-order valence-electron chi connectivity index (χ3n) is 4.40. The number of aliphatic hydroxyl groups excluding tert-OH is 1. The minimum Gasteiger partial charge on any atom is -0.393 e. The Morgan fingerprint density at radius 1 is 1.11 bits per heavy atom. The average molecular weight is 256 g/mol. The molecular formula is C16H32O2. The van der Waals surface area contributed by atoms with Gasteiger partial charge in [0.1, 0.15) is 5.78 Å². The summed E-state index contributed by atoms with van der Waals surface area (Å²) in [5.41, 5.74) is 0.103. The minimum absolute atomic E-state index is 0.103. The van der Waals surface area contributed by atoms with Gasteiger partial charge in [0.05, 0.1) is 6.10 Å². The van der Waals surface area contributed by atoms with Crippen LogP contribution in [0.4, 0.5) is 0 Å². The molecule has 0 fully saturated rings. The SMILES string of the molecule is CCCCC(CC)(CC)C(O)CCCCC(C)=O. The molecule has 1 unspecified atom stereocenters. The Hall–Kier alpha value is -0.370. The molecule has 108 valence electrons. The number of ketones is 1. The zero-order chi connectivity index (χ0) is 14.0. The van der Waals surface area contributed by atoms with Gasteiger partial charge in [-0.15, -0.1) is 0 Å². The summed E-state index contributed by atoms with van der Waals surface area (Å²) in [5.74, 6) is 0.257. The van der Waals surface area contributed by atoms with Crippen LogP contribution in [0.5, 0.6) is 0 Å². The zero-order valence-electron chi connectivity index (χ0n) is 12.8. The molecule has 0 amide bonds. The number of Topliss-reactive ketones (excluding diaryl/α,β-unsaturated/α-hetero) is 1. The summed E-state index contributed by atoms with van der Waals surface area (Å²) in [6, 6.07) is 0. The molecular weight excluding hydrogens is 224 g/mol. The highest BCUT2D eigenvalue weighted by Crippen LogP contribution is 2.38. The quantitative estimate of drug-likeness (QED) is 0.553. The maximum absolute atomic E-state index is 10.9. The molecule has 0 aromatic rings. The van der Waals surface area contributed by atoms with E-state index in [-0.39, 0.29) is 17.3 Å². The fourth-order valence-electron chi connectivity index (χ4n) is 2.79. The van der Waals surface area contributed by atoms with Gasteiger partial charge in [-0.25, -0.2) is 0 Å². The Bertz CT molecular complexity index is 219. The summed E-state index contributed by atoms with van der Waals surface area (Å²) >= 11 is 0. The molecule has 2 nitrogen and oxygen atoms in total. The van der Waals surface area contributed by atoms with Crippen LogP contribution in [0.15, 0.2) is 0 Å². The predicted molar refractivity (Wildman–Crippen MR) is 77.7 cm³/mol. The maximum atomic E-state index is 10.9. The Kier molecular flexibility index (Phi) is 9.35. The molecule has 0 spiro atoms. The first-order chi connectivity index (χ1) is 8.52. The Morgan fingerprint density at radius 2 is 1.72 bits per heavy atom. The van der Waals surface area contributed by atoms with Crippen molar-refractivity contribution in [3.05, 3.63) is 0 Å². The average Bonchev–Trinajstić information content (AvgIpc) is 2.36. The summed E-state index contributed by atoms with van der Waals surface area (Å²) in [6.07, 6.45) is 8.82. The lowest BCUT2D eigenvalue weighted by molar-refractivity contribution is -0.117. The van der Waals surface area contributed by atoms with Crippen molar-refractivity contribution in [3.63, 3.8) is 0 Å². The molecule has 0 bridgehead atoms. The van der Waals surface area contributed by atoms with Crippen LogP contribution in [0.25, 0.3) is 0 Å². The van der Waals surface area contributed by atoms with Gasteiger partial charge in [-0.1, -0.05) is 40.0 Å². The van der Waals surface area contributed by atoms with Crippen molar-refractivity contribution in [2.24, 2.45) is 5.41 Å². The van der Waals surface area contributed by atoms with E-state index in [0.29, 0.717) is 6.42 Å². The molecule has 0 aromatic heterocycles. The summed E-state index contributed by atoms with van der Waals surface area (Å²) in [6.45, 7) is 8.23.